The molecule has 0 nitrogen and oxygen atoms in total. The van der Waals surface area contributed by atoms with Gasteiger partial charge in [0.1, 0.15) is 0 Å². The van der Waals surface area contributed by atoms with Crippen LogP contribution in [-0.2, 0) is 26.2 Å². The van der Waals surface area contributed by atoms with Gasteiger partial charge in [-0.05, 0) is 0 Å². The van der Waals surface area contributed by atoms with E-state index >= 15 is 0 Å². The predicted octanol–water partition coefficient (Wildman–Crippen LogP) is -1.04. The second kappa shape index (κ2) is 13.4. The molecule has 0 amide bonds. The molecule has 2 aliphatic carbocycles. The maximum atomic E-state index is 3.18. The summed E-state index contributed by atoms with van der Waals surface area (Å²) in [5.74, 6) is 0. The summed E-state index contributed by atoms with van der Waals surface area (Å²) < 4.78 is 0. The quantitative estimate of drug-likeness (QED) is 0.540. The smallest absolute Gasteiger partial charge is 1.00 e. The summed E-state index contributed by atoms with van der Waals surface area (Å²) in [6.45, 7) is 8.64. The summed E-state index contributed by atoms with van der Waals surface area (Å²) in [6.07, 6.45) is 15.2. The minimum atomic E-state index is 0. The molecule has 0 atom stereocenters. The minimum absolute atomic E-state index is 0. The van der Waals surface area contributed by atoms with Gasteiger partial charge in [-0.2, -0.15) is 12.2 Å². The summed E-state index contributed by atoms with van der Waals surface area (Å²) in [5.41, 5.74) is 5.80. The summed E-state index contributed by atoms with van der Waals surface area (Å²) >= 11 is 0. The summed E-state index contributed by atoms with van der Waals surface area (Å²) in [6, 6.07) is 0. The summed E-state index contributed by atoms with van der Waals surface area (Å²) in [5, 5.41) is 0. The largest absolute Gasteiger partial charge is 4.00 e. The average molecular weight is 376 g/mol. The second-order valence-corrected chi connectivity index (χ2v) is 4.27. The molecule has 0 aliphatic heterocycles. The molecule has 0 aromatic carbocycles. The third-order valence-corrected chi connectivity index (χ3v) is 3.25. The van der Waals surface area contributed by atoms with Crippen molar-refractivity contribution in [2.45, 2.75) is 53.4 Å². The fourth-order valence-corrected chi connectivity index (χ4v) is 1.98. The van der Waals surface area contributed by atoms with Gasteiger partial charge < -0.3 is 24.8 Å². The molecule has 0 bridgehead atoms. The zero-order valence-electron chi connectivity index (χ0n) is 12.2. The topological polar surface area (TPSA) is 0 Å². The molecule has 0 saturated heterocycles. The maximum absolute atomic E-state index is 3.18. The number of hydrogen-bond donors (Lipinski definition) is 0. The van der Waals surface area contributed by atoms with Crippen LogP contribution in [0.3, 0.4) is 0 Å². The summed E-state index contributed by atoms with van der Waals surface area (Å²) in [4.78, 5) is 0. The Bertz CT molecular complexity index is 327. The van der Waals surface area contributed by atoms with Crippen molar-refractivity contribution in [1.82, 2.24) is 0 Å². The molecule has 3 heteroatoms. The number of allylic oxidation sites excluding steroid dienone is 8. The molecule has 104 valence electrons. The molecule has 19 heavy (non-hydrogen) atoms. The van der Waals surface area contributed by atoms with Crippen LogP contribution >= 0.6 is 0 Å². The molecule has 0 saturated carbocycles. The van der Waals surface area contributed by atoms with Crippen molar-refractivity contribution in [2.75, 3.05) is 0 Å². The van der Waals surface area contributed by atoms with Crippen LogP contribution in [0, 0.1) is 12.2 Å². The van der Waals surface area contributed by atoms with Crippen LogP contribution < -0.4 is 24.8 Å². The van der Waals surface area contributed by atoms with Crippen LogP contribution in [0.2, 0.25) is 0 Å². The number of halogens is 2. The number of hydrogen-bond acceptors (Lipinski definition) is 0. The van der Waals surface area contributed by atoms with E-state index in [9.17, 15) is 0 Å². The molecule has 0 heterocycles. The first-order chi connectivity index (χ1) is 7.69. The van der Waals surface area contributed by atoms with Gasteiger partial charge in [0, 0.05) is 0 Å². The van der Waals surface area contributed by atoms with E-state index in [1.165, 1.54) is 24.0 Å². The van der Waals surface area contributed by atoms with E-state index in [0.717, 1.165) is 12.8 Å². The van der Waals surface area contributed by atoms with Gasteiger partial charge in [-0.3, -0.25) is 12.2 Å². The molecule has 0 aromatic heterocycles. The van der Waals surface area contributed by atoms with Gasteiger partial charge in [0.2, 0.25) is 0 Å². The molecule has 0 fully saturated rings. The Morgan fingerprint density at radius 2 is 1.16 bits per heavy atom. The van der Waals surface area contributed by atoms with E-state index in [1.54, 1.807) is 11.1 Å². The normalized spacial score (nSPS) is 15.4. The van der Waals surface area contributed by atoms with Crippen LogP contribution in [0.5, 0.6) is 0 Å². The molecular weight excluding hydrogens is 354 g/mol. The van der Waals surface area contributed by atoms with Crippen LogP contribution in [0.4, 0.5) is 0 Å². The van der Waals surface area contributed by atoms with Crippen molar-refractivity contribution >= 4 is 0 Å². The molecule has 0 N–H and O–H groups in total. The van der Waals surface area contributed by atoms with Crippen molar-refractivity contribution in [2.24, 2.45) is 0 Å². The molecule has 0 radical (unpaired) electrons. The van der Waals surface area contributed by atoms with Gasteiger partial charge in [-0.25, -0.2) is 22.3 Å². The van der Waals surface area contributed by atoms with Crippen LogP contribution in [0.1, 0.15) is 53.4 Å². The van der Waals surface area contributed by atoms with Crippen molar-refractivity contribution in [1.29, 1.82) is 0 Å². The summed E-state index contributed by atoms with van der Waals surface area (Å²) in [7, 11) is 0. The Morgan fingerprint density at radius 1 is 0.842 bits per heavy atom. The third-order valence-electron chi connectivity index (χ3n) is 3.25. The molecule has 0 unspecified atom stereocenters. The van der Waals surface area contributed by atoms with Gasteiger partial charge in [-0.1, -0.05) is 40.5 Å². The SMILES string of the molecule is CCC1=C(C)[C-]=CC1.CCC1=C(C)[C-]=CC1.[Cl-].[Cl-].[Zr+4]. The van der Waals surface area contributed by atoms with Gasteiger partial charge in [-0.15, -0.1) is 12.8 Å². The van der Waals surface area contributed by atoms with E-state index in [-0.39, 0.29) is 51.0 Å². The first kappa shape index (κ1) is 24.4. The van der Waals surface area contributed by atoms with Crippen LogP contribution in [0.15, 0.2) is 34.4 Å². The zero-order chi connectivity index (χ0) is 12.0. The van der Waals surface area contributed by atoms with Crippen molar-refractivity contribution in [3.63, 3.8) is 0 Å². The standard InChI is InChI=1S/2C8H11.2ClH.Zr/c2*1-3-8-6-4-5-7(8)2;;;/h2*4H,3,6H2,1-2H3;2*1H;/q2*-1;;;+4/p-2. The molecule has 2 aliphatic rings. The third kappa shape index (κ3) is 8.33. The monoisotopic (exact) mass is 374 g/mol. The Labute approximate surface area is 150 Å². The maximum Gasteiger partial charge on any atom is 4.00 e. The van der Waals surface area contributed by atoms with E-state index < -0.39 is 0 Å². The van der Waals surface area contributed by atoms with Gasteiger partial charge in [0.15, 0.2) is 0 Å². The first-order valence-corrected chi connectivity index (χ1v) is 6.22. The fraction of sp³-hybridized carbons (Fsp3) is 0.500. The predicted molar refractivity (Wildman–Crippen MR) is 70.8 cm³/mol. The van der Waals surface area contributed by atoms with Gasteiger partial charge in [0.25, 0.3) is 0 Å². The Hall–Kier alpha value is 0.423. The van der Waals surface area contributed by atoms with E-state index in [0.29, 0.717) is 0 Å². The Morgan fingerprint density at radius 3 is 1.26 bits per heavy atom. The zero-order valence-corrected chi connectivity index (χ0v) is 16.2. The van der Waals surface area contributed by atoms with Crippen LogP contribution in [-0.4, -0.2) is 0 Å². The van der Waals surface area contributed by atoms with E-state index in [2.05, 4.69) is 52.0 Å². The van der Waals surface area contributed by atoms with Crippen LogP contribution in [0.25, 0.3) is 0 Å². The number of rotatable bonds is 2. The average Bonchev–Trinajstić information content (AvgIpc) is 2.87. The fourth-order valence-electron chi connectivity index (χ4n) is 1.98. The van der Waals surface area contributed by atoms with Crippen molar-refractivity contribution in [3.8, 4) is 0 Å². The Balaban J connectivity index is -0.000000233. The van der Waals surface area contributed by atoms with Gasteiger partial charge >= 0.3 is 26.2 Å². The molecule has 0 spiro atoms. The molecule has 0 aromatic rings. The second-order valence-electron chi connectivity index (χ2n) is 4.27. The van der Waals surface area contributed by atoms with Crippen molar-refractivity contribution < 1.29 is 51.0 Å². The molecular formula is C16H22Cl2Zr. The minimum Gasteiger partial charge on any atom is -1.00 e. The Kier molecular flexibility index (Phi) is 17.2. The van der Waals surface area contributed by atoms with Gasteiger partial charge in [0.05, 0.1) is 0 Å². The van der Waals surface area contributed by atoms with E-state index in [4.69, 9.17) is 0 Å². The van der Waals surface area contributed by atoms with E-state index in [1.807, 2.05) is 0 Å². The van der Waals surface area contributed by atoms with Crippen molar-refractivity contribution in [3.05, 3.63) is 46.6 Å². The first-order valence-electron chi connectivity index (χ1n) is 6.22. The molecule has 2 rings (SSSR count).